The molecule has 0 saturated carbocycles. The van der Waals surface area contributed by atoms with Crippen LogP contribution >= 0.6 is 11.8 Å². The number of anilines is 1. The van der Waals surface area contributed by atoms with Crippen LogP contribution in [0.5, 0.6) is 5.75 Å². The molecule has 130 valence electrons. The fourth-order valence-electron chi connectivity index (χ4n) is 2.18. The van der Waals surface area contributed by atoms with Crippen molar-refractivity contribution in [2.24, 2.45) is 0 Å². The number of nitrogens with zero attached hydrogens (tertiary/aromatic N) is 1. The third kappa shape index (κ3) is 6.05. The second-order valence-corrected chi connectivity index (χ2v) is 6.66. The number of carbonyl (C=O) groups excluding carboxylic acids is 1. The molecule has 2 N–H and O–H groups in total. The van der Waals surface area contributed by atoms with E-state index in [1.165, 1.54) is 5.56 Å². The highest BCUT2D eigenvalue weighted by Gasteiger charge is 2.09. The molecule has 0 aliphatic rings. The molecule has 0 spiro atoms. The van der Waals surface area contributed by atoms with Crippen LogP contribution in [0.25, 0.3) is 0 Å². The van der Waals surface area contributed by atoms with Gasteiger partial charge in [-0.25, -0.2) is 4.79 Å². The van der Waals surface area contributed by atoms with Crippen molar-refractivity contribution in [2.45, 2.75) is 37.8 Å². The van der Waals surface area contributed by atoms with Gasteiger partial charge in [0.15, 0.2) is 6.23 Å². The lowest BCUT2D eigenvalue weighted by Crippen LogP contribution is -2.39. The van der Waals surface area contributed by atoms with Crippen LogP contribution in [-0.4, -0.2) is 12.3 Å². The normalized spacial score (nSPS) is 11.5. The van der Waals surface area contributed by atoms with Crippen LogP contribution in [0.4, 0.5) is 10.5 Å². The number of nitriles is 1. The maximum absolute atomic E-state index is 12.0. The van der Waals surface area contributed by atoms with Gasteiger partial charge in [0.25, 0.3) is 0 Å². The molecule has 1 unspecified atom stereocenters. The van der Waals surface area contributed by atoms with Crippen molar-refractivity contribution in [3.8, 4) is 11.2 Å². The van der Waals surface area contributed by atoms with Gasteiger partial charge in [-0.3, -0.25) is 0 Å². The molecule has 0 bridgehead atoms. The third-order valence-corrected chi connectivity index (χ3v) is 4.07. The first-order chi connectivity index (χ1) is 12.0. The number of nitrogens with one attached hydrogen (secondary N) is 2. The molecule has 0 aliphatic heterocycles. The Kier molecular flexibility index (Phi) is 6.72. The summed E-state index contributed by atoms with van der Waals surface area (Å²) in [4.78, 5) is 12.8. The molecule has 25 heavy (non-hydrogen) atoms. The van der Waals surface area contributed by atoms with Crippen LogP contribution in [0.3, 0.4) is 0 Å². The van der Waals surface area contributed by atoms with Crippen molar-refractivity contribution < 1.29 is 9.53 Å². The monoisotopic (exact) mass is 355 g/mol. The first-order valence-electron chi connectivity index (χ1n) is 7.98. The predicted molar refractivity (Wildman–Crippen MR) is 101 cm³/mol. The Bertz CT molecular complexity index is 737. The van der Waals surface area contributed by atoms with E-state index in [1.54, 1.807) is 31.2 Å². The zero-order valence-electron chi connectivity index (χ0n) is 14.4. The second kappa shape index (κ2) is 9.00. The minimum atomic E-state index is -0.474. The minimum absolute atomic E-state index is 0.355. The summed E-state index contributed by atoms with van der Waals surface area (Å²) in [6.07, 6.45) is -0.474. The molecule has 2 amide bonds. The molecule has 5 nitrogen and oxygen atoms in total. The van der Waals surface area contributed by atoms with E-state index in [1.807, 2.05) is 29.7 Å². The lowest BCUT2D eigenvalue weighted by Gasteiger charge is -2.17. The lowest BCUT2D eigenvalue weighted by atomic mass is 10.0. The van der Waals surface area contributed by atoms with Gasteiger partial charge in [-0.1, -0.05) is 26.0 Å². The molecule has 0 fully saturated rings. The summed E-state index contributed by atoms with van der Waals surface area (Å²) in [5, 5.41) is 16.1. The third-order valence-electron chi connectivity index (χ3n) is 3.47. The van der Waals surface area contributed by atoms with E-state index in [0.29, 0.717) is 17.4 Å². The van der Waals surface area contributed by atoms with E-state index >= 15 is 0 Å². The Morgan fingerprint density at radius 1 is 1.08 bits per heavy atom. The fraction of sp³-hybridized carbons (Fsp3) is 0.263. The Hall–Kier alpha value is -2.65. The van der Waals surface area contributed by atoms with E-state index in [0.717, 1.165) is 16.7 Å². The van der Waals surface area contributed by atoms with Gasteiger partial charge < -0.3 is 15.4 Å². The summed E-state index contributed by atoms with van der Waals surface area (Å²) >= 11 is 1.07. The molecule has 0 saturated heterocycles. The van der Waals surface area contributed by atoms with Gasteiger partial charge >= 0.3 is 6.03 Å². The second-order valence-electron chi connectivity index (χ2n) is 5.80. The lowest BCUT2D eigenvalue weighted by molar-refractivity contribution is 0.183. The summed E-state index contributed by atoms with van der Waals surface area (Å²) in [6, 6.07) is 14.5. The van der Waals surface area contributed by atoms with Gasteiger partial charge in [-0.05, 0) is 66.6 Å². The van der Waals surface area contributed by atoms with Crippen molar-refractivity contribution in [3.63, 3.8) is 0 Å². The number of thioether (sulfide) groups is 1. The topological polar surface area (TPSA) is 74.2 Å². The van der Waals surface area contributed by atoms with Crippen molar-refractivity contribution in [3.05, 3.63) is 54.1 Å². The van der Waals surface area contributed by atoms with E-state index in [-0.39, 0.29) is 6.03 Å². The Labute approximate surface area is 152 Å². The van der Waals surface area contributed by atoms with Crippen LogP contribution in [-0.2, 0) is 0 Å². The quantitative estimate of drug-likeness (QED) is 0.438. The highest BCUT2D eigenvalue weighted by atomic mass is 32.2. The zero-order chi connectivity index (χ0) is 18.2. The smallest absolute Gasteiger partial charge is 0.322 e. The number of benzene rings is 2. The highest BCUT2D eigenvalue weighted by molar-refractivity contribution is 8.03. The number of urea groups is 1. The van der Waals surface area contributed by atoms with E-state index in [2.05, 4.69) is 24.5 Å². The Balaban J connectivity index is 1.84. The van der Waals surface area contributed by atoms with Crippen molar-refractivity contribution >= 4 is 23.5 Å². The zero-order valence-corrected chi connectivity index (χ0v) is 15.3. The molecule has 2 aromatic rings. The van der Waals surface area contributed by atoms with E-state index in [9.17, 15) is 4.79 Å². The number of hydrogen-bond acceptors (Lipinski definition) is 4. The first kappa shape index (κ1) is 18.7. The Morgan fingerprint density at radius 3 is 2.28 bits per heavy atom. The number of amides is 2. The van der Waals surface area contributed by atoms with E-state index < -0.39 is 6.23 Å². The van der Waals surface area contributed by atoms with Crippen LogP contribution in [0.15, 0.2) is 53.4 Å². The molecule has 1 atom stereocenters. The number of rotatable bonds is 6. The summed E-state index contributed by atoms with van der Waals surface area (Å²) in [7, 11) is 0. The van der Waals surface area contributed by atoms with Gasteiger partial charge in [0.05, 0.1) is 0 Å². The average molecular weight is 355 g/mol. The SMILES string of the molecule is CC(NC(=O)Nc1ccc(SC#N)cc1)Oc1ccc(C(C)C)cc1. The predicted octanol–water partition coefficient (Wildman–Crippen LogP) is 4.93. The molecule has 6 heteroatoms. The molecule has 2 aromatic carbocycles. The maximum atomic E-state index is 12.0. The van der Waals surface area contributed by atoms with Crippen molar-refractivity contribution in [2.75, 3.05) is 5.32 Å². The largest absolute Gasteiger partial charge is 0.471 e. The number of hydrogen-bond donors (Lipinski definition) is 2. The van der Waals surface area contributed by atoms with Crippen LogP contribution < -0.4 is 15.4 Å². The van der Waals surface area contributed by atoms with Crippen molar-refractivity contribution in [1.29, 1.82) is 5.26 Å². The number of ether oxygens (including phenoxy) is 1. The van der Waals surface area contributed by atoms with Crippen LogP contribution in [0.2, 0.25) is 0 Å². The number of carbonyl (C=O) groups is 1. The summed E-state index contributed by atoms with van der Waals surface area (Å²) < 4.78 is 5.70. The molecule has 0 heterocycles. The standard InChI is InChI=1S/C19H21N3O2S/c1-13(2)15-4-8-17(9-5-15)24-14(3)21-19(23)22-16-6-10-18(11-7-16)25-12-20/h4-11,13-14H,1-3H3,(H2,21,22,23). The summed E-state index contributed by atoms with van der Waals surface area (Å²) in [5.74, 6) is 1.17. The molecule has 0 aromatic heterocycles. The summed E-state index contributed by atoms with van der Waals surface area (Å²) in [5.41, 5.74) is 1.89. The molecule has 0 aliphatic carbocycles. The van der Waals surface area contributed by atoms with Crippen LogP contribution in [0, 0.1) is 10.7 Å². The molecule has 2 rings (SSSR count). The van der Waals surface area contributed by atoms with Gasteiger partial charge in [-0.15, -0.1) is 0 Å². The first-order valence-corrected chi connectivity index (χ1v) is 8.79. The van der Waals surface area contributed by atoms with Gasteiger partial charge in [0.1, 0.15) is 11.2 Å². The summed E-state index contributed by atoms with van der Waals surface area (Å²) in [6.45, 7) is 6.04. The maximum Gasteiger partial charge on any atom is 0.322 e. The van der Waals surface area contributed by atoms with E-state index in [4.69, 9.17) is 10.00 Å². The minimum Gasteiger partial charge on any atom is -0.471 e. The Morgan fingerprint density at radius 2 is 1.72 bits per heavy atom. The average Bonchev–Trinajstić information content (AvgIpc) is 2.57. The molecule has 0 radical (unpaired) electrons. The molecular weight excluding hydrogens is 334 g/mol. The fourth-order valence-corrected chi connectivity index (χ4v) is 2.55. The van der Waals surface area contributed by atoms with Gasteiger partial charge in [0, 0.05) is 10.6 Å². The number of thiocyanates is 1. The molecular formula is C19H21N3O2S. The van der Waals surface area contributed by atoms with Crippen LogP contribution in [0.1, 0.15) is 32.3 Å². The highest BCUT2D eigenvalue weighted by Crippen LogP contribution is 2.20. The van der Waals surface area contributed by atoms with Gasteiger partial charge in [0.2, 0.25) is 0 Å². The van der Waals surface area contributed by atoms with Gasteiger partial charge in [-0.2, -0.15) is 5.26 Å². The van der Waals surface area contributed by atoms with Crippen molar-refractivity contribution in [1.82, 2.24) is 5.32 Å².